The van der Waals surface area contributed by atoms with Gasteiger partial charge in [0, 0.05) is 11.1 Å². The van der Waals surface area contributed by atoms with E-state index in [1.807, 2.05) is 45.2 Å². The first-order valence-electron chi connectivity index (χ1n) is 11.0. The van der Waals surface area contributed by atoms with E-state index in [9.17, 15) is 9.59 Å². The lowest BCUT2D eigenvalue weighted by Crippen LogP contribution is -2.22. The van der Waals surface area contributed by atoms with E-state index < -0.39 is 0 Å². The molecule has 2 N–H and O–H groups in total. The molecule has 0 aliphatic rings. The Bertz CT molecular complexity index is 1510. The van der Waals surface area contributed by atoms with Gasteiger partial charge in [0.25, 0.3) is 11.8 Å². The number of carbonyl (C=O) groups excluding carboxylic acids is 2. The smallest absolute Gasteiger partial charge is 0.256 e. The molecule has 5 rings (SSSR count). The highest BCUT2D eigenvalue weighted by Crippen LogP contribution is 2.17. The van der Waals surface area contributed by atoms with Crippen molar-refractivity contribution in [2.24, 2.45) is 0 Å². The number of aryl methyl sites for hydroxylation is 3. The van der Waals surface area contributed by atoms with Gasteiger partial charge in [0.1, 0.15) is 5.01 Å². The van der Waals surface area contributed by atoms with Crippen molar-refractivity contribution < 1.29 is 9.59 Å². The summed E-state index contributed by atoms with van der Waals surface area (Å²) >= 11 is 1.50. The Labute approximate surface area is 205 Å². The molecule has 0 bridgehead atoms. The number of fused-ring (bicyclic) bond motifs is 1. The number of anilines is 1. The molecule has 0 unspecified atom stereocenters. The van der Waals surface area contributed by atoms with Gasteiger partial charge in [-0.1, -0.05) is 29.0 Å². The first-order valence-corrected chi connectivity index (χ1v) is 11.8. The predicted octanol–water partition coefficient (Wildman–Crippen LogP) is 4.08. The van der Waals surface area contributed by atoms with Crippen LogP contribution in [0.1, 0.15) is 42.5 Å². The quantitative estimate of drug-likeness (QED) is 0.377. The lowest BCUT2D eigenvalue weighted by Gasteiger charge is -2.07. The summed E-state index contributed by atoms with van der Waals surface area (Å²) in [5.41, 5.74) is 5.28. The monoisotopic (exact) mass is 485 g/mol. The number of benzene rings is 2. The molecule has 5 aromatic rings. The number of nitrogens with one attached hydrogen (secondary N) is 2. The Morgan fingerprint density at radius 1 is 1.00 bits per heavy atom. The van der Waals surface area contributed by atoms with Gasteiger partial charge >= 0.3 is 0 Å². The molecule has 9 nitrogen and oxygen atoms in total. The van der Waals surface area contributed by atoms with Crippen LogP contribution in [-0.2, 0) is 6.54 Å². The number of carbonyl (C=O) groups is 2. The molecule has 0 saturated heterocycles. The van der Waals surface area contributed by atoms with Crippen molar-refractivity contribution in [2.75, 3.05) is 5.32 Å². The fourth-order valence-electron chi connectivity index (χ4n) is 3.76. The summed E-state index contributed by atoms with van der Waals surface area (Å²) < 4.78 is 3.37. The molecule has 0 fully saturated rings. The normalized spacial score (nSPS) is 11.1. The van der Waals surface area contributed by atoms with E-state index in [4.69, 9.17) is 0 Å². The molecule has 0 atom stereocenters. The van der Waals surface area contributed by atoms with Crippen LogP contribution in [0.15, 0.2) is 61.1 Å². The third-order valence-corrected chi connectivity index (χ3v) is 6.32. The van der Waals surface area contributed by atoms with E-state index in [-0.39, 0.29) is 11.8 Å². The van der Waals surface area contributed by atoms with E-state index >= 15 is 0 Å². The second-order valence-electron chi connectivity index (χ2n) is 8.26. The number of imidazole rings is 1. The molecule has 2 amide bonds. The van der Waals surface area contributed by atoms with Gasteiger partial charge < -0.3 is 10.6 Å². The van der Waals surface area contributed by atoms with Gasteiger partial charge in [-0.05, 0) is 56.7 Å². The number of aromatic nitrogens is 5. The fourth-order valence-corrected chi connectivity index (χ4v) is 4.51. The second-order valence-corrected chi connectivity index (χ2v) is 9.42. The number of amides is 2. The minimum absolute atomic E-state index is 0.183. The van der Waals surface area contributed by atoms with E-state index in [0.29, 0.717) is 23.4 Å². The minimum atomic E-state index is -0.195. The Morgan fingerprint density at radius 2 is 1.80 bits per heavy atom. The highest BCUT2D eigenvalue weighted by atomic mass is 32.1. The molecule has 10 heteroatoms. The molecule has 3 heterocycles. The largest absolute Gasteiger partial charge is 0.346 e. The lowest BCUT2D eigenvalue weighted by atomic mass is 10.1. The van der Waals surface area contributed by atoms with Crippen LogP contribution in [0.4, 0.5) is 5.69 Å². The zero-order chi connectivity index (χ0) is 24.5. The standard InChI is InChI=1S/C25H23N7O2S/c1-15-4-9-22(16(2)10-15)24(34)28-20-12-27-31(13-20)21-7-5-18(6-8-21)23(33)26-11-19-14-32-25(29-19)35-17(3)30-32/h4-10,12-14H,11H2,1-3H3,(H,26,33)(H,28,34). The number of hydrogen-bond acceptors (Lipinski definition) is 6. The van der Waals surface area contributed by atoms with Gasteiger partial charge in [-0.15, -0.1) is 0 Å². The molecule has 3 aromatic heterocycles. The summed E-state index contributed by atoms with van der Waals surface area (Å²) in [5.74, 6) is -0.378. The van der Waals surface area contributed by atoms with E-state index in [2.05, 4.69) is 25.8 Å². The SMILES string of the molecule is Cc1ccc(C(=O)Nc2cnn(-c3ccc(C(=O)NCc4cn5nc(C)sc5n4)cc3)c2)c(C)c1. The molecule has 176 valence electrons. The number of rotatable bonds is 6. The third-order valence-electron chi connectivity index (χ3n) is 5.49. The molecule has 0 saturated carbocycles. The van der Waals surface area contributed by atoms with Gasteiger partial charge in [-0.3, -0.25) is 9.59 Å². The molecule has 35 heavy (non-hydrogen) atoms. The average molecular weight is 486 g/mol. The molecule has 0 aliphatic heterocycles. The van der Waals surface area contributed by atoms with Crippen molar-refractivity contribution in [1.29, 1.82) is 0 Å². The summed E-state index contributed by atoms with van der Waals surface area (Å²) in [7, 11) is 0. The van der Waals surface area contributed by atoms with Crippen LogP contribution in [0, 0.1) is 20.8 Å². The molecule has 0 aliphatic carbocycles. The highest BCUT2D eigenvalue weighted by molar-refractivity contribution is 7.16. The second kappa shape index (κ2) is 9.15. The van der Waals surface area contributed by atoms with Gasteiger partial charge in [0.15, 0.2) is 0 Å². The van der Waals surface area contributed by atoms with Crippen LogP contribution in [-0.4, -0.2) is 36.2 Å². The van der Waals surface area contributed by atoms with Gasteiger partial charge in [-0.25, -0.2) is 14.2 Å². The summed E-state index contributed by atoms with van der Waals surface area (Å²) in [4.78, 5) is 30.4. The number of nitrogens with zero attached hydrogens (tertiary/aromatic N) is 5. The van der Waals surface area contributed by atoms with Crippen LogP contribution in [0.2, 0.25) is 0 Å². The van der Waals surface area contributed by atoms with Gasteiger partial charge in [-0.2, -0.15) is 10.2 Å². The van der Waals surface area contributed by atoms with Crippen LogP contribution in [0.3, 0.4) is 0 Å². The topological polar surface area (TPSA) is 106 Å². The van der Waals surface area contributed by atoms with Crippen LogP contribution < -0.4 is 10.6 Å². The van der Waals surface area contributed by atoms with E-state index in [1.54, 1.807) is 45.9 Å². The van der Waals surface area contributed by atoms with Crippen molar-refractivity contribution in [3.63, 3.8) is 0 Å². The van der Waals surface area contributed by atoms with Crippen molar-refractivity contribution in [2.45, 2.75) is 27.3 Å². The minimum Gasteiger partial charge on any atom is -0.346 e. The molecule has 0 spiro atoms. The predicted molar refractivity (Wildman–Crippen MR) is 134 cm³/mol. The average Bonchev–Trinajstić information content (AvgIpc) is 3.52. The van der Waals surface area contributed by atoms with Gasteiger partial charge in [0.2, 0.25) is 4.96 Å². The summed E-state index contributed by atoms with van der Waals surface area (Å²) in [6.45, 7) is 6.15. The van der Waals surface area contributed by atoms with E-state index in [0.717, 1.165) is 32.5 Å². The van der Waals surface area contributed by atoms with Crippen molar-refractivity contribution >= 4 is 33.8 Å². The first-order chi connectivity index (χ1) is 16.9. The maximum Gasteiger partial charge on any atom is 0.256 e. The maximum atomic E-state index is 12.6. The number of hydrogen-bond donors (Lipinski definition) is 2. The van der Waals surface area contributed by atoms with Crippen LogP contribution in [0.25, 0.3) is 10.6 Å². The first kappa shape index (κ1) is 22.5. The summed E-state index contributed by atoms with van der Waals surface area (Å²) in [6.07, 6.45) is 5.14. The zero-order valence-electron chi connectivity index (χ0n) is 19.4. The Kier molecular flexibility index (Phi) is 5.87. The van der Waals surface area contributed by atoms with E-state index in [1.165, 1.54) is 11.3 Å². The van der Waals surface area contributed by atoms with Crippen LogP contribution in [0.5, 0.6) is 0 Å². The van der Waals surface area contributed by atoms with Gasteiger partial charge in [0.05, 0.1) is 42.2 Å². The van der Waals surface area contributed by atoms with Crippen LogP contribution >= 0.6 is 11.3 Å². The molecular weight excluding hydrogens is 462 g/mol. The van der Waals surface area contributed by atoms with Crippen molar-refractivity contribution in [3.05, 3.63) is 94.0 Å². The van der Waals surface area contributed by atoms with Crippen molar-refractivity contribution in [3.8, 4) is 5.69 Å². The molecular formula is C25H23N7O2S. The molecule has 2 aromatic carbocycles. The third kappa shape index (κ3) is 4.82. The van der Waals surface area contributed by atoms with Crippen molar-refractivity contribution in [1.82, 2.24) is 29.7 Å². The Balaban J connectivity index is 1.21. The summed E-state index contributed by atoms with van der Waals surface area (Å²) in [5, 5.41) is 15.4. The maximum absolute atomic E-state index is 12.6. The Morgan fingerprint density at radius 3 is 2.54 bits per heavy atom. The fraction of sp³-hybridized carbons (Fsp3) is 0.160. The molecule has 0 radical (unpaired) electrons. The highest BCUT2D eigenvalue weighted by Gasteiger charge is 2.12. The Hall–Kier alpha value is -4.31. The zero-order valence-corrected chi connectivity index (χ0v) is 20.3. The lowest BCUT2D eigenvalue weighted by molar-refractivity contribution is 0.0949. The summed E-state index contributed by atoms with van der Waals surface area (Å²) in [6, 6.07) is 12.8.